The Labute approximate surface area is 209 Å². The third kappa shape index (κ3) is 8.93. The lowest BCUT2D eigenvalue weighted by atomic mass is 10.1. The molecule has 1 aliphatic rings. The van der Waals surface area contributed by atoms with Crippen LogP contribution in [0.5, 0.6) is 0 Å². The molecule has 0 unspecified atom stereocenters. The summed E-state index contributed by atoms with van der Waals surface area (Å²) in [5.74, 6) is 0.563. The number of hydrogen-bond acceptors (Lipinski definition) is 4. The zero-order chi connectivity index (χ0) is 22.8. The Morgan fingerprint density at radius 2 is 1.81 bits per heavy atom. The largest absolute Gasteiger partial charge is 0.357 e. The molecule has 0 saturated carbocycles. The fourth-order valence-corrected chi connectivity index (χ4v) is 3.68. The average molecular weight is 559 g/mol. The number of guanidine groups is 1. The summed E-state index contributed by atoms with van der Waals surface area (Å²) in [4.78, 5) is 32.8. The number of nitrogens with one attached hydrogen (secondary N) is 3. The van der Waals surface area contributed by atoms with Crippen LogP contribution in [-0.2, 0) is 11.3 Å². The highest BCUT2D eigenvalue weighted by molar-refractivity contribution is 14.0. The van der Waals surface area contributed by atoms with Gasteiger partial charge in [-0.3, -0.25) is 14.5 Å². The van der Waals surface area contributed by atoms with Crippen LogP contribution < -0.4 is 16.0 Å². The van der Waals surface area contributed by atoms with Gasteiger partial charge in [-0.2, -0.15) is 0 Å². The van der Waals surface area contributed by atoms with Gasteiger partial charge in [-0.05, 0) is 52.3 Å². The number of benzene rings is 1. The molecule has 1 aromatic rings. The summed E-state index contributed by atoms with van der Waals surface area (Å²) in [6, 6.07) is 8.46. The molecule has 9 heteroatoms. The number of piperazine rings is 1. The van der Waals surface area contributed by atoms with E-state index in [4.69, 9.17) is 0 Å². The Kier molecular flexibility index (Phi) is 12.6. The van der Waals surface area contributed by atoms with E-state index in [0.717, 1.165) is 31.2 Å². The second-order valence-corrected chi connectivity index (χ2v) is 8.32. The lowest BCUT2D eigenvalue weighted by Gasteiger charge is -2.30. The molecule has 1 fully saturated rings. The van der Waals surface area contributed by atoms with Crippen LogP contribution in [0.25, 0.3) is 0 Å². The van der Waals surface area contributed by atoms with E-state index in [1.807, 2.05) is 31.2 Å². The monoisotopic (exact) mass is 558 g/mol. The summed E-state index contributed by atoms with van der Waals surface area (Å²) in [7, 11) is 0. The van der Waals surface area contributed by atoms with Crippen LogP contribution in [0.4, 0.5) is 0 Å². The standard InChI is InChI=1S/C23H38N6O2.HI/c1-6-24-23(26-12-14-29(17(2)3)18(4)5)27-15-19-7-9-20(10-8-19)22(31)28-13-11-25-21(30)16-28;/h7-10,17-18H,6,11-16H2,1-5H3,(H,25,30)(H2,24,26,27);1H. The summed E-state index contributed by atoms with van der Waals surface area (Å²) >= 11 is 0. The van der Waals surface area contributed by atoms with Crippen LogP contribution >= 0.6 is 24.0 Å². The highest BCUT2D eigenvalue weighted by Crippen LogP contribution is 2.10. The van der Waals surface area contributed by atoms with Gasteiger partial charge in [-0.15, -0.1) is 24.0 Å². The summed E-state index contributed by atoms with van der Waals surface area (Å²) in [5.41, 5.74) is 1.62. The first-order valence-electron chi connectivity index (χ1n) is 11.2. The van der Waals surface area contributed by atoms with Crippen molar-refractivity contribution < 1.29 is 9.59 Å². The van der Waals surface area contributed by atoms with E-state index in [1.54, 1.807) is 4.90 Å². The first kappa shape index (κ1) is 28.2. The summed E-state index contributed by atoms with van der Waals surface area (Å²) in [5, 5.41) is 9.42. The molecule has 180 valence electrons. The van der Waals surface area contributed by atoms with Crippen LogP contribution in [0.15, 0.2) is 29.3 Å². The van der Waals surface area contributed by atoms with Crippen LogP contribution in [0.3, 0.4) is 0 Å². The Morgan fingerprint density at radius 3 is 2.38 bits per heavy atom. The van der Waals surface area contributed by atoms with E-state index in [-0.39, 0.29) is 42.3 Å². The van der Waals surface area contributed by atoms with Gasteiger partial charge in [0.05, 0.1) is 13.1 Å². The van der Waals surface area contributed by atoms with Crippen molar-refractivity contribution in [2.45, 2.75) is 53.2 Å². The molecule has 0 bridgehead atoms. The van der Waals surface area contributed by atoms with Gasteiger partial charge < -0.3 is 20.9 Å². The molecule has 1 saturated heterocycles. The SMILES string of the molecule is CCNC(=NCc1ccc(C(=O)N2CCNC(=O)C2)cc1)NCCN(C(C)C)C(C)C.I. The first-order valence-corrected chi connectivity index (χ1v) is 11.2. The number of hydrogen-bond donors (Lipinski definition) is 3. The molecule has 1 aromatic carbocycles. The smallest absolute Gasteiger partial charge is 0.254 e. The highest BCUT2D eigenvalue weighted by Gasteiger charge is 2.22. The lowest BCUT2D eigenvalue weighted by molar-refractivity contribution is -0.123. The molecule has 1 heterocycles. The molecule has 1 aliphatic heterocycles. The van der Waals surface area contributed by atoms with Gasteiger partial charge in [0.25, 0.3) is 5.91 Å². The highest BCUT2D eigenvalue weighted by atomic mass is 127. The number of carbonyl (C=O) groups excluding carboxylic acids is 2. The number of rotatable bonds is 9. The second kappa shape index (κ2) is 14.3. The van der Waals surface area contributed by atoms with E-state index < -0.39 is 0 Å². The van der Waals surface area contributed by atoms with Gasteiger partial charge in [-0.1, -0.05) is 12.1 Å². The third-order valence-corrected chi connectivity index (χ3v) is 5.28. The Bertz CT molecular complexity index is 743. The molecule has 0 spiro atoms. The number of nitrogens with zero attached hydrogens (tertiary/aromatic N) is 3. The van der Waals surface area contributed by atoms with E-state index in [0.29, 0.717) is 37.3 Å². The lowest BCUT2D eigenvalue weighted by Crippen LogP contribution is -2.49. The van der Waals surface area contributed by atoms with Crippen LogP contribution in [-0.4, -0.2) is 78.9 Å². The molecule has 0 radical (unpaired) electrons. The minimum atomic E-state index is -0.112. The van der Waals surface area contributed by atoms with Crippen molar-refractivity contribution in [3.05, 3.63) is 35.4 Å². The van der Waals surface area contributed by atoms with Crippen molar-refractivity contribution in [3.63, 3.8) is 0 Å². The molecule has 2 rings (SSSR count). The maximum Gasteiger partial charge on any atom is 0.254 e. The molecule has 0 atom stereocenters. The van der Waals surface area contributed by atoms with Crippen molar-refractivity contribution in [2.24, 2.45) is 4.99 Å². The van der Waals surface area contributed by atoms with Gasteiger partial charge in [0.15, 0.2) is 5.96 Å². The van der Waals surface area contributed by atoms with E-state index in [9.17, 15) is 9.59 Å². The number of amides is 2. The van der Waals surface area contributed by atoms with Crippen molar-refractivity contribution in [3.8, 4) is 0 Å². The normalized spacial score (nSPS) is 14.4. The first-order chi connectivity index (χ1) is 14.8. The van der Waals surface area contributed by atoms with E-state index >= 15 is 0 Å². The van der Waals surface area contributed by atoms with Crippen molar-refractivity contribution in [2.75, 3.05) is 39.3 Å². The zero-order valence-electron chi connectivity index (χ0n) is 20.0. The zero-order valence-corrected chi connectivity index (χ0v) is 22.3. The predicted molar refractivity (Wildman–Crippen MR) is 141 cm³/mol. The maximum absolute atomic E-state index is 12.6. The predicted octanol–water partition coefficient (Wildman–Crippen LogP) is 2.05. The van der Waals surface area contributed by atoms with E-state index in [1.165, 1.54) is 0 Å². The van der Waals surface area contributed by atoms with Gasteiger partial charge in [0.1, 0.15) is 0 Å². The van der Waals surface area contributed by atoms with Gasteiger partial charge in [0.2, 0.25) is 5.91 Å². The van der Waals surface area contributed by atoms with Gasteiger partial charge >= 0.3 is 0 Å². The molecule has 2 amide bonds. The average Bonchev–Trinajstić information content (AvgIpc) is 2.74. The van der Waals surface area contributed by atoms with Gasteiger partial charge in [0, 0.05) is 50.4 Å². The van der Waals surface area contributed by atoms with Gasteiger partial charge in [-0.25, -0.2) is 4.99 Å². The maximum atomic E-state index is 12.6. The van der Waals surface area contributed by atoms with Crippen molar-refractivity contribution >= 4 is 41.8 Å². The molecular weight excluding hydrogens is 519 g/mol. The summed E-state index contributed by atoms with van der Waals surface area (Å²) in [6.45, 7) is 15.2. The second-order valence-electron chi connectivity index (χ2n) is 8.32. The van der Waals surface area contributed by atoms with Crippen molar-refractivity contribution in [1.82, 2.24) is 25.8 Å². The Hall–Kier alpha value is -1.88. The molecule has 8 nitrogen and oxygen atoms in total. The van der Waals surface area contributed by atoms with Crippen LogP contribution in [0, 0.1) is 0 Å². The number of halogens is 1. The molecular formula is C23H39IN6O2. The Balaban J connectivity index is 0.00000512. The fourth-order valence-electron chi connectivity index (χ4n) is 3.68. The molecule has 32 heavy (non-hydrogen) atoms. The number of aliphatic imine (C=N–C) groups is 1. The number of carbonyl (C=O) groups is 2. The third-order valence-electron chi connectivity index (χ3n) is 5.28. The molecule has 0 aliphatic carbocycles. The van der Waals surface area contributed by atoms with E-state index in [2.05, 4.69) is 53.5 Å². The topological polar surface area (TPSA) is 89.1 Å². The van der Waals surface area contributed by atoms with Crippen LogP contribution in [0.2, 0.25) is 0 Å². The minimum Gasteiger partial charge on any atom is -0.357 e. The Morgan fingerprint density at radius 1 is 1.16 bits per heavy atom. The quantitative estimate of drug-likeness (QED) is 0.246. The summed E-state index contributed by atoms with van der Waals surface area (Å²) in [6.07, 6.45) is 0. The fraction of sp³-hybridized carbons (Fsp3) is 0.609. The van der Waals surface area contributed by atoms with Crippen LogP contribution in [0.1, 0.15) is 50.5 Å². The minimum absolute atomic E-state index is 0. The summed E-state index contributed by atoms with van der Waals surface area (Å²) < 4.78 is 0. The molecule has 3 N–H and O–H groups in total. The van der Waals surface area contributed by atoms with Crippen molar-refractivity contribution in [1.29, 1.82) is 0 Å². The molecule has 0 aromatic heterocycles.